The first-order chi connectivity index (χ1) is 14.4. The van der Waals surface area contributed by atoms with E-state index >= 15 is 0 Å². The summed E-state index contributed by atoms with van der Waals surface area (Å²) in [5.74, 6) is 0.346. The van der Waals surface area contributed by atoms with E-state index in [2.05, 4.69) is 45.0 Å². The number of aliphatic hydroxyl groups is 1. The number of allylic oxidation sites excluding steroid dienone is 1. The summed E-state index contributed by atoms with van der Waals surface area (Å²) in [4.78, 5) is 0. The molecule has 158 valence electrons. The number of nitrogens with zero attached hydrogens (tertiary/aromatic N) is 1. The van der Waals surface area contributed by atoms with Crippen LogP contribution in [0.4, 0.5) is 5.69 Å². The molecule has 0 spiro atoms. The third-order valence-corrected chi connectivity index (χ3v) is 6.07. The van der Waals surface area contributed by atoms with E-state index in [4.69, 9.17) is 10.5 Å². The van der Waals surface area contributed by atoms with Crippen molar-refractivity contribution in [3.63, 3.8) is 0 Å². The zero-order valence-electron chi connectivity index (χ0n) is 18.2. The van der Waals surface area contributed by atoms with Crippen molar-refractivity contribution in [2.24, 2.45) is 0 Å². The molecule has 0 aliphatic carbocycles. The maximum Gasteiger partial charge on any atom is 0.0991 e. The van der Waals surface area contributed by atoms with Crippen molar-refractivity contribution in [1.29, 1.82) is 5.26 Å². The van der Waals surface area contributed by atoms with Crippen molar-refractivity contribution < 1.29 is 9.84 Å². The van der Waals surface area contributed by atoms with Crippen LogP contribution in [-0.2, 0) is 4.74 Å². The van der Waals surface area contributed by atoms with Gasteiger partial charge in [-0.05, 0) is 72.2 Å². The Hall–Kier alpha value is -2.61. The fourth-order valence-corrected chi connectivity index (χ4v) is 4.17. The van der Waals surface area contributed by atoms with Crippen LogP contribution < -0.4 is 5.73 Å². The fraction of sp³-hybridized carbons (Fsp3) is 0.423. The van der Waals surface area contributed by atoms with Gasteiger partial charge in [-0.25, -0.2) is 0 Å². The van der Waals surface area contributed by atoms with Gasteiger partial charge < -0.3 is 15.6 Å². The lowest BCUT2D eigenvalue weighted by Gasteiger charge is -2.29. The molecule has 0 aromatic heterocycles. The standard InChI is InChI=1S/C26H32N2O2/c1-4-26(10-11-29)16-21(9-6-12-30-26)24-15-22(18(2)3)14-23(25(24)28)20-8-5-7-19(13-20)17-27/h5,7-8,13-16,18,29H,4,6,9-12,28H2,1-3H3. The van der Waals surface area contributed by atoms with Crippen molar-refractivity contribution in [2.45, 2.75) is 58.0 Å². The zero-order valence-corrected chi connectivity index (χ0v) is 18.2. The number of nitrogen functional groups attached to an aromatic ring is 1. The van der Waals surface area contributed by atoms with Gasteiger partial charge in [-0.2, -0.15) is 5.26 Å². The van der Waals surface area contributed by atoms with Crippen LogP contribution in [0.15, 0.2) is 42.5 Å². The SMILES string of the molecule is CCC1(CCO)C=C(c2cc(C(C)C)cc(-c3cccc(C#N)c3)c2N)CCCO1. The van der Waals surface area contributed by atoms with Crippen LogP contribution in [0.2, 0.25) is 0 Å². The third-order valence-electron chi connectivity index (χ3n) is 6.07. The van der Waals surface area contributed by atoms with Gasteiger partial charge in [0.15, 0.2) is 0 Å². The van der Waals surface area contributed by atoms with Gasteiger partial charge in [-0.3, -0.25) is 0 Å². The van der Waals surface area contributed by atoms with Gasteiger partial charge >= 0.3 is 0 Å². The Morgan fingerprint density at radius 3 is 2.67 bits per heavy atom. The highest BCUT2D eigenvalue weighted by Gasteiger charge is 2.29. The van der Waals surface area contributed by atoms with E-state index in [0.717, 1.165) is 41.6 Å². The van der Waals surface area contributed by atoms with Crippen LogP contribution >= 0.6 is 0 Å². The van der Waals surface area contributed by atoms with Gasteiger partial charge in [-0.1, -0.05) is 32.9 Å². The van der Waals surface area contributed by atoms with Crippen LogP contribution in [0.5, 0.6) is 0 Å². The lowest BCUT2D eigenvalue weighted by molar-refractivity contribution is -0.0239. The lowest BCUT2D eigenvalue weighted by Crippen LogP contribution is -2.30. The lowest BCUT2D eigenvalue weighted by atomic mass is 9.86. The van der Waals surface area contributed by atoms with Gasteiger partial charge in [0, 0.05) is 36.4 Å². The minimum Gasteiger partial charge on any atom is -0.398 e. The summed E-state index contributed by atoms with van der Waals surface area (Å²) in [5.41, 5.74) is 13.0. The van der Waals surface area contributed by atoms with Crippen molar-refractivity contribution in [1.82, 2.24) is 0 Å². The van der Waals surface area contributed by atoms with Crippen molar-refractivity contribution in [3.05, 3.63) is 59.2 Å². The second kappa shape index (κ2) is 9.47. The molecule has 3 rings (SSSR count). The fourth-order valence-electron chi connectivity index (χ4n) is 4.17. The smallest absolute Gasteiger partial charge is 0.0991 e. The molecule has 0 bridgehead atoms. The number of hydrogen-bond acceptors (Lipinski definition) is 4. The second-order valence-electron chi connectivity index (χ2n) is 8.39. The number of aliphatic hydroxyl groups excluding tert-OH is 1. The van der Waals surface area contributed by atoms with Gasteiger partial charge in [0.05, 0.1) is 17.2 Å². The summed E-state index contributed by atoms with van der Waals surface area (Å²) in [6.45, 7) is 7.22. The average Bonchev–Trinajstić information content (AvgIpc) is 2.97. The molecule has 4 nitrogen and oxygen atoms in total. The first kappa shape index (κ1) is 22.1. The van der Waals surface area contributed by atoms with Crippen LogP contribution in [0.1, 0.15) is 69.1 Å². The number of rotatable bonds is 6. The summed E-state index contributed by atoms with van der Waals surface area (Å²) in [6.07, 6.45) is 5.38. The summed E-state index contributed by atoms with van der Waals surface area (Å²) < 4.78 is 6.18. The van der Waals surface area contributed by atoms with E-state index in [1.54, 1.807) is 0 Å². The normalized spacial score (nSPS) is 19.3. The van der Waals surface area contributed by atoms with Crippen molar-refractivity contribution >= 4 is 11.3 Å². The minimum absolute atomic E-state index is 0.0886. The highest BCUT2D eigenvalue weighted by molar-refractivity contribution is 5.88. The predicted octanol–water partition coefficient (Wildman–Crippen LogP) is 5.66. The average molecular weight is 405 g/mol. The Balaban J connectivity index is 2.21. The minimum atomic E-state index is -0.457. The van der Waals surface area contributed by atoms with E-state index in [0.29, 0.717) is 24.5 Å². The number of nitriles is 1. The molecule has 2 aromatic carbocycles. The molecule has 4 heteroatoms. The molecule has 1 aliphatic rings. The zero-order chi connectivity index (χ0) is 21.7. The van der Waals surface area contributed by atoms with E-state index in [1.165, 1.54) is 11.1 Å². The quantitative estimate of drug-likeness (QED) is 0.609. The Kier molecular flexibility index (Phi) is 6.97. The van der Waals surface area contributed by atoms with Gasteiger partial charge in [0.1, 0.15) is 0 Å². The van der Waals surface area contributed by atoms with Crippen LogP contribution in [0, 0.1) is 11.3 Å². The molecule has 1 atom stereocenters. The molecular weight excluding hydrogens is 372 g/mol. The van der Waals surface area contributed by atoms with Gasteiger partial charge in [0.25, 0.3) is 0 Å². The number of benzene rings is 2. The summed E-state index contributed by atoms with van der Waals surface area (Å²) in [7, 11) is 0. The monoisotopic (exact) mass is 404 g/mol. The highest BCUT2D eigenvalue weighted by Crippen LogP contribution is 2.40. The third kappa shape index (κ3) is 4.59. The van der Waals surface area contributed by atoms with E-state index in [-0.39, 0.29) is 6.61 Å². The molecule has 0 fully saturated rings. The van der Waals surface area contributed by atoms with Crippen molar-refractivity contribution in [2.75, 3.05) is 18.9 Å². The molecule has 0 saturated heterocycles. The maximum atomic E-state index is 9.62. The summed E-state index contributed by atoms with van der Waals surface area (Å²) in [5, 5.41) is 18.9. The molecular formula is C26H32N2O2. The Morgan fingerprint density at radius 1 is 1.23 bits per heavy atom. The van der Waals surface area contributed by atoms with Crippen LogP contribution in [-0.4, -0.2) is 23.9 Å². The molecule has 0 saturated carbocycles. The number of hydrogen-bond donors (Lipinski definition) is 2. The maximum absolute atomic E-state index is 9.62. The second-order valence-corrected chi connectivity index (χ2v) is 8.39. The van der Waals surface area contributed by atoms with Crippen LogP contribution in [0.25, 0.3) is 16.7 Å². The molecule has 3 N–H and O–H groups in total. The molecule has 2 aromatic rings. The Morgan fingerprint density at radius 2 is 2.00 bits per heavy atom. The van der Waals surface area contributed by atoms with E-state index in [9.17, 15) is 10.4 Å². The molecule has 0 amide bonds. The topological polar surface area (TPSA) is 79.3 Å². The molecule has 1 unspecified atom stereocenters. The van der Waals surface area contributed by atoms with Gasteiger partial charge in [0.2, 0.25) is 0 Å². The van der Waals surface area contributed by atoms with E-state index < -0.39 is 5.60 Å². The largest absolute Gasteiger partial charge is 0.398 e. The summed E-state index contributed by atoms with van der Waals surface area (Å²) >= 11 is 0. The highest BCUT2D eigenvalue weighted by atomic mass is 16.5. The number of anilines is 1. The van der Waals surface area contributed by atoms with Gasteiger partial charge in [-0.15, -0.1) is 0 Å². The molecule has 1 aliphatic heterocycles. The predicted molar refractivity (Wildman–Crippen MR) is 123 cm³/mol. The first-order valence-corrected chi connectivity index (χ1v) is 10.8. The first-order valence-electron chi connectivity index (χ1n) is 10.8. The summed E-state index contributed by atoms with van der Waals surface area (Å²) in [6, 6.07) is 14.2. The van der Waals surface area contributed by atoms with Crippen molar-refractivity contribution in [3.8, 4) is 17.2 Å². The number of ether oxygens (including phenoxy) is 1. The molecule has 0 radical (unpaired) electrons. The molecule has 1 heterocycles. The Labute approximate surface area is 180 Å². The van der Waals surface area contributed by atoms with Crippen LogP contribution in [0.3, 0.4) is 0 Å². The number of nitrogens with two attached hydrogens (primary N) is 1. The van der Waals surface area contributed by atoms with E-state index in [1.807, 2.05) is 24.3 Å². The Bertz CT molecular complexity index is 971. The molecule has 30 heavy (non-hydrogen) atoms.